The maximum absolute atomic E-state index is 12.5. The first-order valence-electron chi connectivity index (χ1n) is 10.1. The van der Waals surface area contributed by atoms with Crippen LogP contribution in [-0.2, 0) is 27.8 Å². The highest BCUT2D eigenvalue weighted by atomic mass is 32.2. The van der Waals surface area contributed by atoms with Gasteiger partial charge in [0.25, 0.3) is 0 Å². The second kappa shape index (κ2) is 9.83. The molecule has 1 fully saturated rings. The van der Waals surface area contributed by atoms with Gasteiger partial charge in [0.1, 0.15) is 0 Å². The number of rotatable bonds is 8. The number of anilines is 1. The van der Waals surface area contributed by atoms with Crippen LogP contribution in [-0.4, -0.2) is 20.5 Å². The predicted octanol–water partition coefficient (Wildman–Crippen LogP) is 5.76. The SMILES string of the molecule is O=S(=O)(Nc1cccc(CCOCc2ccc(C3CCCCC3)cc2)c1)C(F)(F)F. The first-order valence-corrected chi connectivity index (χ1v) is 11.6. The van der Waals surface area contributed by atoms with Crippen LogP contribution in [0, 0.1) is 0 Å². The van der Waals surface area contributed by atoms with Crippen LogP contribution in [0.2, 0.25) is 0 Å². The van der Waals surface area contributed by atoms with Crippen LogP contribution in [0.5, 0.6) is 0 Å². The van der Waals surface area contributed by atoms with E-state index in [1.54, 1.807) is 10.8 Å². The molecule has 1 aliphatic carbocycles. The molecule has 0 atom stereocenters. The summed E-state index contributed by atoms with van der Waals surface area (Å²) in [4.78, 5) is 0. The van der Waals surface area contributed by atoms with E-state index < -0.39 is 15.5 Å². The molecule has 4 nitrogen and oxygen atoms in total. The van der Waals surface area contributed by atoms with E-state index >= 15 is 0 Å². The first-order chi connectivity index (χ1) is 14.2. The lowest BCUT2D eigenvalue weighted by Gasteiger charge is -2.22. The van der Waals surface area contributed by atoms with Crippen LogP contribution >= 0.6 is 0 Å². The van der Waals surface area contributed by atoms with Crippen molar-refractivity contribution < 1.29 is 26.3 Å². The van der Waals surface area contributed by atoms with Gasteiger partial charge in [0.2, 0.25) is 0 Å². The molecule has 164 valence electrons. The molecule has 0 spiro atoms. The van der Waals surface area contributed by atoms with Gasteiger partial charge in [-0.15, -0.1) is 0 Å². The topological polar surface area (TPSA) is 55.4 Å². The zero-order chi connectivity index (χ0) is 21.6. The van der Waals surface area contributed by atoms with Gasteiger partial charge in [-0.3, -0.25) is 4.72 Å². The van der Waals surface area contributed by atoms with E-state index in [4.69, 9.17) is 4.74 Å². The largest absolute Gasteiger partial charge is 0.516 e. The second-order valence-corrected chi connectivity index (χ2v) is 9.30. The van der Waals surface area contributed by atoms with Gasteiger partial charge >= 0.3 is 15.5 Å². The van der Waals surface area contributed by atoms with Gasteiger partial charge in [-0.05, 0) is 54.0 Å². The van der Waals surface area contributed by atoms with Gasteiger partial charge in [0.15, 0.2) is 0 Å². The Bertz CT molecular complexity index is 921. The average molecular weight is 442 g/mol. The normalized spacial score (nSPS) is 15.8. The minimum atomic E-state index is -5.42. The highest BCUT2D eigenvalue weighted by Gasteiger charge is 2.46. The molecule has 0 aliphatic heterocycles. The first kappa shape index (κ1) is 22.6. The molecule has 2 aromatic rings. The van der Waals surface area contributed by atoms with E-state index in [-0.39, 0.29) is 5.69 Å². The number of hydrogen-bond acceptors (Lipinski definition) is 3. The fourth-order valence-electron chi connectivity index (χ4n) is 3.71. The molecule has 1 aliphatic rings. The maximum atomic E-state index is 12.5. The summed E-state index contributed by atoms with van der Waals surface area (Å²) in [5, 5.41) is 0. The molecule has 1 N–H and O–H groups in total. The molecule has 0 heterocycles. The van der Waals surface area contributed by atoms with Gasteiger partial charge < -0.3 is 4.74 Å². The fourth-order valence-corrected chi connectivity index (χ4v) is 4.26. The Labute approximate surface area is 175 Å². The highest BCUT2D eigenvalue weighted by Crippen LogP contribution is 2.32. The molecule has 8 heteroatoms. The number of hydrogen-bond donors (Lipinski definition) is 1. The van der Waals surface area contributed by atoms with Crippen LogP contribution in [0.4, 0.5) is 18.9 Å². The van der Waals surface area contributed by atoms with Gasteiger partial charge in [-0.2, -0.15) is 21.6 Å². The Morgan fingerprint density at radius 1 is 0.967 bits per heavy atom. The second-order valence-electron chi connectivity index (χ2n) is 7.63. The molecule has 0 aromatic heterocycles. The summed E-state index contributed by atoms with van der Waals surface area (Å²) in [6, 6.07) is 14.4. The van der Waals surface area contributed by atoms with Gasteiger partial charge in [-0.25, -0.2) is 0 Å². The van der Waals surface area contributed by atoms with Gasteiger partial charge in [0.05, 0.1) is 13.2 Å². The number of alkyl halides is 3. The van der Waals surface area contributed by atoms with Crippen LogP contribution < -0.4 is 4.72 Å². The third kappa shape index (κ3) is 6.22. The van der Waals surface area contributed by atoms with Crippen molar-refractivity contribution in [3.05, 3.63) is 65.2 Å². The van der Waals surface area contributed by atoms with E-state index in [0.717, 1.165) is 5.56 Å². The molecule has 1 saturated carbocycles. The van der Waals surface area contributed by atoms with Gasteiger partial charge in [-0.1, -0.05) is 55.7 Å². The van der Waals surface area contributed by atoms with E-state index in [2.05, 4.69) is 24.3 Å². The van der Waals surface area contributed by atoms with Crippen molar-refractivity contribution in [1.29, 1.82) is 0 Å². The number of sulfonamides is 1. The van der Waals surface area contributed by atoms with E-state index in [0.29, 0.717) is 31.1 Å². The third-order valence-corrected chi connectivity index (χ3v) is 6.46. The molecule has 0 amide bonds. The quantitative estimate of drug-likeness (QED) is 0.530. The van der Waals surface area contributed by atoms with Crippen molar-refractivity contribution in [1.82, 2.24) is 0 Å². The summed E-state index contributed by atoms with van der Waals surface area (Å²) in [5.41, 5.74) is -2.33. The van der Waals surface area contributed by atoms with E-state index in [9.17, 15) is 21.6 Å². The molecule has 3 rings (SSSR count). The zero-order valence-electron chi connectivity index (χ0n) is 16.6. The summed E-state index contributed by atoms with van der Waals surface area (Å²) in [6.45, 7) is 0.825. The lowest BCUT2D eigenvalue weighted by Crippen LogP contribution is -2.29. The van der Waals surface area contributed by atoms with Crippen molar-refractivity contribution >= 4 is 15.7 Å². The van der Waals surface area contributed by atoms with Crippen molar-refractivity contribution in [2.75, 3.05) is 11.3 Å². The minimum absolute atomic E-state index is 0.122. The predicted molar refractivity (Wildman–Crippen MR) is 111 cm³/mol. The van der Waals surface area contributed by atoms with Gasteiger partial charge in [0, 0.05) is 5.69 Å². The van der Waals surface area contributed by atoms with Crippen molar-refractivity contribution in [3.8, 4) is 0 Å². The van der Waals surface area contributed by atoms with E-state index in [1.807, 2.05) is 0 Å². The molecular weight excluding hydrogens is 415 g/mol. The Hall–Kier alpha value is -2.06. The van der Waals surface area contributed by atoms with Crippen molar-refractivity contribution in [3.63, 3.8) is 0 Å². The van der Waals surface area contributed by atoms with Crippen LogP contribution in [0.3, 0.4) is 0 Å². The molecular formula is C22H26F3NO3S. The Kier molecular flexibility index (Phi) is 7.41. The molecule has 30 heavy (non-hydrogen) atoms. The van der Waals surface area contributed by atoms with Crippen LogP contribution in [0.25, 0.3) is 0 Å². The standard InChI is InChI=1S/C22H26F3NO3S/c23-22(24,25)30(27,28)26-21-8-4-5-17(15-21)13-14-29-16-18-9-11-20(12-10-18)19-6-2-1-3-7-19/h4-5,8-12,15,19,26H,1-3,6-7,13-14,16H2. The minimum Gasteiger partial charge on any atom is -0.376 e. The summed E-state index contributed by atoms with van der Waals surface area (Å²) in [5.74, 6) is 0.663. The lowest BCUT2D eigenvalue weighted by molar-refractivity contribution is -0.0429. The van der Waals surface area contributed by atoms with Crippen LogP contribution in [0.1, 0.15) is 54.7 Å². The fraction of sp³-hybridized carbons (Fsp3) is 0.455. The summed E-state index contributed by atoms with van der Waals surface area (Å²) in [6.07, 6.45) is 6.91. The Balaban J connectivity index is 1.46. The number of halogens is 3. The highest BCUT2D eigenvalue weighted by molar-refractivity contribution is 7.93. The zero-order valence-corrected chi connectivity index (χ0v) is 17.4. The molecule has 0 radical (unpaired) electrons. The van der Waals surface area contributed by atoms with Crippen molar-refractivity contribution in [2.45, 2.75) is 56.6 Å². The Morgan fingerprint density at radius 3 is 2.33 bits per heavy atom. The summed E-state index contributed by atoms with van der Waals surface area (Å²) < 4.78 is 67.1. The molecule has 0 unspecified atom stereocenters. The molecule has 0 bridgehead atoms. The number of benzene rings is 2. The maximum Gasteiger partial charge on any atom is 0.516 e. The monoisotopic (exact) mass is 441 g/mol. The van der Waals surface area contributed by atoms with E-state index in [1.165, 1.54) is 55.9 Å². The Morgan fingerprint density at radius 2 is 1.67 bits per heavy atom. The lowest BCUT2D eigenvalue weighted by atomic mass is 9.84. The summed E-state index contributed by atoms with van der Waals surface area (Å²) in [7, 11) is -5.42. The van der Waals surface area contributed by atoms with Crippen molar-refractivity contribution in [2.24, 2.45) is 0 Å². The third-order valence-electron chi connectivity index (χ3n) is 5.34. The van der Waals surface area contributed by atoms with Crippen LogP contribution in [0.15, 0.2) is 48.5 Å². The molecule has 2 aromatic carbocycles. The number of nitrogens with one attached hydrogen (secondary N) is 1. The summed E-state index contributed by atoms with van der Waals surface area (Å²) >= 11 is 0. The smallest absolute Gasteiger partial charge is 0.376 e. The average Bonchev–Trinajstić information content (AvgIpc) is 2.71. The number of ether oxygens (including phenoxy) is 1. The molecule has 0 saturated heterocycles.